The summed E-state index contributed by atoms with van der Waals surface area (Å²) in [6, 6.07) is 7.84. The second kappa shape index (κ2) is 7.03. The van der Waals surface area contributed by atoms with E-state index in [0.717, 1.165) is 16.5 Å². The van der Waals surface area contributed by atoms with E-state index in [1.165, 1.54) is 6.20 Å². The van der Waals surface area contributed by atoms with Crippen molar-refractivity contribution >= 4 is 37.8 Å². The van der Waals surface area contributed by atoms with E-state index >= 15 is 0 Å². The average Bonchev–Trinajstić information content (AvgIpc) is 2.89. The van der Waals surface area contributed by atoms with Crippen LogP contribution in [0.15, 0.2) is 29.4 Å². The van der Waals surface area contributed by atoms with Crippen LogP contribution in [0.4, 0.5) is 0 Å². The molecule has 0 bridgehead atoms. The fourth-order valence-corrected chi connectivity index (χ4v) is 3.81. The Morgan fingerprint density at radius 2 is 2.28 bits per heavy atom. The van der Waals surface area contributed by atoms with Gasteiger partial charge in [-0.15, -0.1) is 10.5 Å². The Hall–Kier alpha value is -2.72. The van der Waals surface area contributed by atoms with Crippen LogP contribution in [0.25, 0.3) is 10.9 Å². The number of amides is 1. The first-order chi connectivity index (χ1) is 12.0. The lowest BCUT2D eigenvalue weighted by atomic mass is 10.1. The van der Waals surface area contributed by atoms with Crippen LogP contribution in [-0.2, 0) is 4.79 Å². The number of aromatic nitrogens is 1. The first kappa shape index (κ1) is 17.1. The molecule has 0 radical (unpaired) electrons. The van der Waals surface area contributed by atoms with E-state index in [1.54, 1.807) is 0 Å². The number of carbonyl (C=O) groups excluding carboxylic acids is 1. The zero-order valence-corrected chi connectivity index (χ0v) is 14.8. The third-order valence-electron chi connectivity index (χ3n) is 3.58. The Morgan fingerprint density at radius 1 is 1.48 bits per heavy atom. The Morgan fingerprint density at radius 3 is 2.92 bits per heavy atom. The van der Waals surface area contributed by atoms with E-state index in [0.29, 0.717) is 34.8 Å². The van der Waals surface area contributed by atoms with Crippen molar-refractivity contribution in [2.75, 3.05) is 12.4 Å². The molecule has 2 N–H and O–H groups in total. The molecule has 25 heavy (non-hydrogen) atoms. The summed E-state index contributed by atoms with van der Waals surface area (Å²) in [6.07, 6.45) is 1.53. The summed E-state index contributed by atoms with van der Waals surface area (Å²) < 4.78 is 5.89. The highest BCUT2D eigenvalue weighted by Gasteiger charge is 2.17. The van der Waals surface area contributed by atoms with Gasteiger partial charge in [0.15, 0.2) is 5.17 Å². The number of benzene rings is 1. The molecule has 128 valence electrons. The van der Waals surface area contributed by atoms with Crippen molar-refractivity contribution in [1.82, 2.24) is 4.98 Å². The minimum Gasteiger partial charge on any atom is -0.491 e. The monoisotopic (exact) mass is 354 g/mol. The lowest BCUT2D eigenvalue weighted by Crippen LogP contribution is -2.07. The summed E-state index contributed by atoms with van der Waals surface area (Å²) in [4.78, 5) is 19.5. The largest absolute Gasteiger partial charge is 0.491 e. The molecule has 0 spiro atoms. The fraction of sp³-hybridized carbons (Fsp3) is 0.278. The van der Waals surface area contributed by atoms with Crippen LogP contribution in [0, 0.1) is 17.2 Å². The molecule has 1 atom stereocenters. The van der Waals surface area contributed by atoms with Crippen LogP contribution in [-0.4, -0.2) is 33.8 Å². The molecule has 1 aromatic carbocycles. The normalized spacial score (nSPS) is 17.1. The fourth-order valence-electron chi connectivity index (χ4n) is 2.43. The second-order valence-electron chi connectivity index (χ2n) is 6.13. The summed E-state index contributed by atoms with van der Waals surface area (Å²) >= 11 is 0. The van der Waals surface area contributed by atoms with E-state index in [1.807, 2.05) is 23.6 Å². The number of nitriles is 1. The van der Waals surface area contributed by atoms with Crippen molar-refractivity contribution in [3.8, 4) is 11.8 Å². The third-order valence-corrected chi connectivity index (χ3v) is 5.33. The van der Waals surface area contributed by atoms with Gasteiger partial charge < -0.3 is 10.5 Å². The van der Waals surface area contributed by atoms with E-state index < -0.39 is 10.5 Å². The predicted molar refractivity (Wildman–Crippen MR) is 101 cm³/mol. The molecular formula is C18H18N4O2S. The van der Waals surface area contributed by atoms with E-state index in [9.17, 15) is 10.1 Å². The minimum atomic E-state index is -0.494. The van der Waals surface area contributed by atoms with E-state index in [-0.39, 0.29) is 5.91 Å². The zero-order chi connectivity index (χ0) is 18.0. The molecule has 2 heterocycles. The number of amidine groups is 1. The summed E-state index contributed by atoms with van der Waals surface area (Å²) in [6.45, 7) is 4.62. The molecule has 2 aromatic rings. The van der Waals surface area contributed by atoms with Crippen molar-refractivity contribution in [3.05, 3.63) is 35.5 Å². The lowest BCUT2D eigenvalue weighted by molar-refractivity contribution is -0.115. The highest BCUT2D eigenvalue weighted by molar-refractivity contribution is 8.28. The number of carbonyl (C=O) groups is 1. The molecule has 1 aromatic heterocycles. The maximum Gasteiger partial charge on any atom is 0.258 e. The first-order valence-corrected chi connectivity index (χ1v) is 9.31. The molecule has 0 saturated carbocycles. The number of nitrogens with zero attached hydrogens (tertiary/aromatic N) is 3. The highest BCUT2D eigenvalue weighted by Crippen LogP contribution is 2.30. The van der Waals surface area contributed by atoms with Gasteiger partial charge in [0.25, 0.3) is 5.91 Å². The SMILES string of the molecule is CC(C)COc1c(C#N)cnc2ccc(/C=S3/CC(=O)N=C3N)cc12. The van der Waals surface area contributed by atoms with Gasteiger partial charge in [0.05, 0.1) is 17.9 Å². The van der Waals surface area contributed by atoms with E-state index in [4.69, 9.17) is 10.5 Å². The molecule has 1 aliphatic heterocycles. The molecule has 1 unspecified atom stereocenters. The number of nitrogens with two attached hydrogens (primary N) is 1. The molecule has 3 rings (SSSR count). The van der Waals surface area contributed by atoms with Crippen LogP contribution < -0.4 is 10.5 Å². The highest BCUT2D eigenvalue weighted by atomic mass is 32.2. The van der Waals surface area contributed by atoms with Gasteiger partial charge in [-0.1, -0.05) is 19.9 Å². The number of pyridine rings is 1. The summed E-state index contributed by atoms with van der Waals surface area (Å²) in [5.74, 6) is 1.01. The van der Waals surface area contributed by atoms with Gasteiger partial charge in [0.1, 0.15) is 17.4 Å². The smallest absolute Gasteiger partial charge is 0.258 e. The third kappa shape index (κ3) is 3.69. The Bertz CT molecular complexity index is 957. The molecule has 1 aliphatic rings. The standard InChI is InChI=1S/C18H18N4O2S/c1-11(2)8-24-17-13(6-19)7-21-15-4-3-12(5-14(15)17)9-25-10-16(23)22-18(25)20/h3-5,7,9,11H,8,10H2,1-2H3,(H2,20,22,23). The topological polar surface area (TPSA) is 101 Å². The van der Waals surface area contributed by atoms with Crippen molar-refractivity contribution < 1.29 is 9.53 Å². The van der Waals surface area contributed by atoms with Crippen molar-refractivity contribution in [2.45, 2.75) is 13.8 Å². The maximum absolute atomic E-state index is 11.4. The van der Waals surface area contributed by atoms with Crippen LogP contribution in [0.1, 0.15) is 25.0 Å². The zero-order valence-electron chi connectivity index (χ0n) is 14.0. The summed E-state index contributed by atoms with van der Waals surface area (Å²) in [7, 11) is -0.494. The molecule has 7 heteroatoms. The van der Waals surface area contributed by atoms with Gasteiger partial charge in [-0.25, -0.2) is 0 Å². The van der Waals surface area contributed by atoms with Crippen molar-refractivity contribution in [3.63, 3.8) is 0 Å². The lowest BCUT2D eigenvalue weighted by Gasteiger charge is -2.13. The van der Waals surface area contributed by atoms with Crippen LogP contribution in [0.5, 0.6) is 5.75 Å². The van der Waals surface area contributed by atoms with Crippen LogP contribution in [0.2, 0.25) is 0 Å². The van der Waals surface area contributed by atoms with Gasteiger partial charge >= 0.3 is 0 Å². The van der Waals surface area contributed by atoms with E-state index in [2.05, 4.69) is 29.9 Å². The molecular weight excluding hydrogens is 336 g/mol. The Balaban J connectivity index is 2.08. The van der Waals surface area contributed by atoms with Gasteiger partial charge in [0, 0.05) is 11.6 Å². The first-order valence-electron chi connectivity index (χ1n) is 7.85. The van der Waals surface area contributed by atoms with Gasteiger partial charge in [-0.05, 0) is 29.0 Å². The van der Waals surface area contributed by atoms with Crippen molar-refractivity contribution in [1.29, 1.82) is 5.26 Å². The minimum absolute atomic E-state index is 0.188. The number of fused-ring (bicyclic) bond motifs is 1. The number of hydrogen-bond donors (Lipinski definition) is 1. The summed E-state index contributed by atoms with van der Waals surface area (Å²) in [5.41, 5.74) is 7.87. The number of aliphatic imine (C=N–C) groups is 1. The van der Waals surface area contributed by atoms with Crippen molar-refractivity contribution in [2.24, 2.45) is 16.6 Å². The van der Waals surface area contributed by atoms with Gasteiger partial charge in [-0.3, -0.25) is 9.78 Å². The maximum atomic E-state index is 11.4. The number of hydrogen-bond acceptors (Lipinski definition) is 5. The Kier molecular flexibility index (Phi) is 4.81. The Labute approximate surface area is 148 Å². The number of rotatable bonds is 4. The number of ether oxygens (including phenoxy) is 1. The average molecular weight is 354 g/mol. The second-order valence-corrected chi connectivity index (χ2v) is 7.93. The summed E-state index contributed by atoms with van der Waals surface area (Å²) in [5, 5.41) is 12.4. The molecule has 6 nitrogen and oxygen atoms in total. The molecule has 0 aliphatic carbocycles. The van der Waals surface area contributed by atoms with Gasteiger partial charge in [0.2, 0.25) is 0 Å². The van der Waals surface area contributed by atoms with Crippen LogP contribution >= 0.6 is 10.5 Å². The van der Waals surface area contributed by atoms with Gasteiger partial charge in [-0.2, -0.15) is 10.3 Å². The molecule has 0 fully saturated rings. The molecule has 0 saturated heterocycles. The predicted octanol–water partition coefficient (Wildman–Crippen LogP) is 2.42. The quantitative estimate of drug-likeness (QED) is 0.850. The van der Waals surface area contributed by atoms with Crippen LogP contribution in [0.3, 0.4) is 0 Å². The molecule has 1 amide bonds.